The summed E-state index contributed by atoms with van der Waals surface area (Å²) in [5.41, 5.74) is 8.82. The highest BCUT2D eigenvalue weighted by molar-refractivity contribution is 5.26. The predicted molar refractivity (Wildman–Crippen MR) is 51.8 cm³/mol. The zero-order valence-electron chi connectivity index (χ0n) is 8.28. The number of epoxide rings is 1. The van der Waals surface area contributed by atoms with Gasteiger partial charge in [-0.15, -0.1) is 0 Å². The molecule has 0 N–H and O–H groups in total. The molecule has 1 heterocycles. The molecule has 2 aliphatic carbocycles. The van der Waals surface area contributed by atoms with E-state index >= 15 is 0 Å². The van der Waals surface area contributed by atoms with Gasteiger partial charge in [0.15, 0.2) is 0 Å². The molecular weight excluding hydrogens is 178 g/mol. The number of nitrogens with zero attached hydrogens (tertiary/aromatic N) is 3. The molecule has 2 atom stereocenters. The van der Waals surface area contributed by atoms with Gasteiger partial charge in [0.05, 0.1) is 11.2 Å². The smallest absolute Gasteiger partial charge is 0.0982 e. The van der Waals surface area contributed by atoms with Crippen molar-refractivity contribution >= 4 is 0 Å². The van der Waals surface area contributed by atoms with Gasteiger partial charge in [0.2, 0.25) is 0 Å². The largest absolute Gasteiger partial charge is 0.363 e. The van der Waals surface area contributed by atoms with Gasteiger partial charge in [-0.1, -0.05) is 5.11 Å². The Morgan fingerprint density at radius 3 is 2.86 bits per heavy atom. The fourth-order valence-electron chi connectivity index (χ4n) is 3.17. The Labute approximate surface area is 83.3 Å². The van der Waals surface area contributed by atoms with Crippen molar-refractivity contribution in [2.75, 3.05) is 6.54 Å². The van der Waals surface area contributed by atoms with E-state index in [9.17, 15) is 0 Å². The Kier molecular flexibility index (Phi) is 1.62. The van der Waals surface area contributed by atoms with Crippen molar-refractivity contribution < 1.29 is 4.74 Å². The Hall–Kier alpha value is -0.730. The molecule has 76 valence electrons. The van der Waals surface area contributed by atoms with Gasteiger partial charge in [-0.05, 0) is 50.0 Å². The van der Waals surface area contributed by atoms with Gasteiger partial charge in [-0.25, -0.2) is 0 Å². The van der Waals surface area contributed by atoms with E-state index in [0.717, 1.165) is 12.3 Å². The van der Waals surface area contributed by atoms with Crippen molar-refractivity contribution in [3.63, 3.8) is 0 Å². The number of ether oxygens (including phenoxy) is 1. The van der Waals surface area contributed by atoms with Crippen molar-refractivity contribution in [1.29, 1.82) is 0 Å². The summed E-state index contributed by atoms with van der Waals surface area (Å²) in [5, 5.41) is 3.60. The van der Waals surface area contributed by atoms with Crippen LogP contribution < -0.4 is 0 Å². The molecule has 1 aliphatic heterocycles. The summed E-state index contributed by atoms with van der Waals surface area (Å²) in [4.78, 5) is 2.78. The molecule has 4 heteroatoms. The van der Waals surface area contributed by atoms with E-state index in [0.29, 0.717) is 12.1 Å². The monoisotopic (exact) mass is 193 g/mol. The standard InChI is InChI=1S/C10H15N3O/c11-13-12-6-2-8-1-3-10(7-8)9(14-10)4-5-9/h8H,1-7H2/t8?,10-/m0/s1. The van der Waals surface area contributed by atoms with E-state index in [2.05, 4.69) is 10.0 Å². The molecular formula is C10H15N3O. The van der Waals surface area contributed by atoms with Crippen LogP contribution in [-0.2, 0) is 4.74 Å². The van der Waals surface area contributed by atoms with Crippen LogP contribution in [0.25, 0.3) is 10.4 Å². The van der Waals surface area contributed by atoms with Gasteiger partial charge < -0.3 is 4.74 Å². The zero-order chi connectivity index (χ0) is 9.65. The number of fused-ring (bicyclic) bond motifs is 1. The Bertz CT molecular complexity index is 306. The van der Waals surface area contributed by atoms with Gasteiger partial charge >= 0.3 is 0 Å². The van der Waals surface area contributed by atoms with Crippen molar-refractivity contribution in [3.8, 4) is 0 Å². The fraction of sp³-hybridized carbons (Fsp3) is 1.00. The molecule has 1 unspecified atom stereocenters. The maximum absolute atomic E-state index is 8.18. The number of hydrogen-bond donors (Lipinski definition) is 0. The van der Waals surface area contributed by atoms with Gasteiger partial charge in [-0.3, -0.25) is 0 Å². The van der Waals surface area contributed by atoms with Crippen LogP contribution in [0.3, 0.4) is 0 Å². The highest BCUT2D eigenvalue weighted by Gasteiger charge is 2.77. The van der Waals surface area contributed by atoms with Crippen LogP contribution in [0.5, 0.6) is 0 Å². The van der Waals surface area contributed by atoms with Crippen molar-refractivity contribution in [1.82, 2.24) is 0 Å². The maximum Gasteiger partial charge on any atom is 0.0982 e. The second-order valence-corrected chi connectivity index (χ2v) is 4.94. The van der Waals surface area contributed by atoms with Crippen LogP contribution in [-0.4, -0.2) is 17.7 Å². The zero-order valence-corrected chi connectivity index (χ0v) is 8.28. The molecule has 14 heavy (non-hydrogen) atoms. The topological polar surface area (TPSA) is 61.3 Å². The highest BCUT2D eigenvalue weighted by Crippen LogP contribution is 2.71. The summed E-state index contributed by atoms with van der Waals surface area (Å²) in [6, 6.07) is 0. The second kappa shape index (κ2) is 2.65. The number of azide groups is 1. The minimum atomic E-state index is 0.286. The molecule has 3 aliphatic rings. The van der Waals surface area contributed by atoms with Gasteiger partial charge in [-0.2, -0.15) is 0 Å². The summed E-state index contributed by atoms with van der Waals surface area (Å²) in [6.45, 7) is 0.657. The molecule has 3 rings (SSSR count). The van der Waals surface area contributed by atoms with Crippen molar-refractivity contribution in [2.45, 2.75) is 49.7 Å². The van der Waals surface area contributed by atoms with Crippen LogP contribution in [0.15, 0.2) is 5.11 Å². The van der Waals surface area contributed by atoms with E-state index in [-0.39, 0.29) is 5.60 Å². The Morgan fingerprint density at radius 1 is 1.36 bits per heavy atom. The molecule has 0 aromatic rings. The Morgan fingerprint density at radius 2 is 2.21 bits per heavy atom. The van der Waals surface area contributed by atoms with Crippen LogP contribution in [0.1, 0.15) is 38.5 Å². The molecule has 2 saturated carbocycles. The lowest BCUT2D eigenvalue weighted by Crippen LogP contribution is -2.10. The van der Waals surface area contributed by atoms with E-state index in [1.807, 2.05) is 0 Å². The molecule has 0 radical (unpaired) electrons. The van der Waals surface area contributed by atoms with E-state index in [1.54, 1.807) is 0 Å². The molecule has 0 aromatic carbocycles. The van der Waals surface area contributed by atoms with Crippen LogP contribution in [0, 0.1) is 5.92 Å². The fourth-order valence-corrected chi connectivity index (χ4v) is 3.17. The number of rotatable bonds is 3. The lowest BCUT2D eigenvalue weighted by molar-refractivity contribution is 0.286. The highest BCUT2D eigenvalue weighted by atomic mass is 16.6. The lowest BCUT2D eigenvalue weighted by atomic mass is 9.98. The molecule has 4 nitrogen and oxygen atoms in total. The third-order valence-corrected chi connectivity index (χ3v) is 4.16. The van der Waals surface area contributed by atoms with Gasteiger partial charge in [0.1, 0.15) is 0 Å². The SMILES string of the molecule is [N-]=[N+]=NCCC1CC[C@@]2(C1)OC21CC1. The molecule has 0 amide bonds. The lowest BCUT2D eigenvalue weighted by Gasteiger charge is -2.05. The average molecular weight is 193 g/mol. The van der Waals surface area contributed by atoms with Gasteiger partial charge in [0, 0.05) is 11.5 Å². The van der Waals surface area contributed by atoms with E-state index in [4.69, 9.17) is 10.3 Å². The summed E-state index contributed by atoms with van der Waals surface area (Å²) < 4.78 is 5.90. The van der Waals surface area contributed by atoms with Crippen molar-refractivity contribution in [3.05, 3.63) is 10.4 Å². The minimum Gasteiger partial charge on any atom is -0.363 e. The van der Waals surface area contributed by atoms with Crippen LogP contribution in [0.4, 0.5) is 0 Å². The maximum atomic E-state index is 8.18. The minimum absolute atomic E-state index is 0.286. The molecule has 0 bridgehead atoms. The van der Waals surface area contributed by atoms with Crippen LogP contribution in [0.2, 0.25) is 0 Å². The number of hydrogen-bond acceptors (Lipinski definition) is 2. The quantitative estimate of drug-likeness (QED) is 0.294. The summed E-state index contributed by atoms with van der Waals surface area (Å²) >= 11 is 0. The second-order valence-electron chi connectivity index (χ2n) is 4.94. The predicted octanol–water partition coefficient (Wildman–Crippen LogP) is 2.79. The first kappa shape index (κ1) is 8.57. The van der Waals surface area contributed by atoms with Gasteiger partial charge in [0.25, 0.3) is 0 Å². The first-order valence-electron chi connectivity index (χ1n) is 5.51. The first-order valence-corrected chi connectivity index (χ1v) is 5.51. The molecule has 0 aromatic heterocycles. The van der Waals surface area contributed by atoms with E-state index < -0.39 is 0 Å². The van der Waals surface area contributed by atoms with Crippen molar-refractivity contribution in [2.24, 2.45) is 11.0 Å². The molecule has 2 spiro atoms. The summed E-state index contributed by atoms with van der Waals surface area (Å²) in [5.74, 6) is 0.737. The van der Waals surface area contributed by atoms with E-state index in [1.165, 1.54) is 32.1 Å². The normalized spacial score (nSPS) is 41.3. The summed E-state index contributed by atoms with van der Waals surface area (Å²) in [6.07, 6.45) is 7.35. The molecule has 3 fully saturated rings. The Balaban J connectivity index is 1.53. The molecule has 1 saturated heterocycles. The third kappa shape index (κ3) is 1.07. The average Bonchev–Trinajstić information content (AvgIpc) is 3.01. The van der Waals surface area contributed by atoms with Crippen LogP contribution >= 0.6 is 0 Å². The third-order valence-electron chi connectivity index (χ3n) is 4.16. The summed E-state index contributed by atoms with van der Waals surface area (Å²) in [7, 11) is 0. The first-order chi connectivity index (χ1) is 6.80.